The number of aromatic nitrogens is 1. The normalized spacial score (nSPS) is 16.9. The van der Waals surface area contributed by atoms with Gasteiger partial charge >= 0.3 is 23.9 Å². The average Bonchev–Trinajstić information content (AvgIpc) is 3.09. The molecule has 2 aromatic carbocycles. The van der Waals surface area contributed by atoms with Crippen LogP contribution in [-0.4, -0.2) is 39.0 Å². The van der Waals surface area contributed by atoms with E-state index in [1.807, 2.05) is 0 Å². The second-order valence-corrected chi connectivity index (χ2v) is 7.74. The third-order valence-corrected chi connectivity index (χ3v) is 5.68. The van der Waals surface area contributed by atoms with Crippen LogP contribution in [0.2, 0.25) is 0 Å². The lowest BCUT2D eigenvalue weighted by Crippen LogP contribution is -2.58. The van der Waals surface area contributed by atoms with Crippen molar-refractivity contribution in [3.63, 3.8) is 0 Å². The van der Waals surface area contributed by atoms with Gasteiger partial charge in [0, 0.05) is 24.8 Å². The molecule has 1 atom stereocenters. The smallest absolute Gasteiger partial charge is 0.419 e. The van der Waals surface area contributed by atoms with Gasteiger partial charge in [-0.05, 0) is 30.7 Å². The Morgan fingerprint density at radius 1 is 1.17 bits per heavy atom. The fourth-order valence-electron chi connectivity index (χ4n) is 4.02. The highest BCUT2D eigenvalue weighted by atomic mass is 19.4. The summed E-state index contributed by atoms with van der Waals surface area (Å²) in [6, 6.07) is 5.49. The molecule has 0 saturated carbocycles. The number of benzene rings is 2. The highest BCUT2D eigenvalue weighted by molar-refractivity contribution is 6.12. The van der Waals surface area contributed by atoms with Crippen molar-refractivity contribution in [1.82, 2.24) is 9.47 Å². The van der Waals surface area contributed by atoms with Gasteiger partial charge < -0.3 is 9.52 Å². The molecule has 2 heterocycles. The minimum absolute atomic E-state index is 0.0542. The number of anilines is 1. The topological polar surface area (TPSA) is 113 Å². The van der Waals surface area contributed by atoms with E-state index in [9.17, 15) is 41.8 Å². The number of amides is 3. The molecular weight excluding hydrogens is 478 g/mol. The van der Waals surface area contributed by atoms with Gasteiger partial charge in [-0.1, -0.05) is 12.1 Å². The molecule has 1 unspecified atom stereocenters. The van der Waals surface area contributed by atoms with Gasteiger partial charge in [-0.25, -0.2) is 14.0 Å². The van der Waals surface area contributed by atoms with Crippen LogP contribution in [0.1, 0.15) is 18.1 Å². The Kier molecular flexibility index (Phi) is 5.87. The standard InChI is InChI=1S/C22H17F4N3O6/c1-2-27-15-7-6-12(8-16(15)35-21(27)34)28-10-13(19(31)32)18(30)29(20(28)33)9-11-4-3-5-14(23)17(11)22(24,25)26/h3-8,13H,2,9-10H2,1H3,(H,31,32). The van der Waals surface area contributed by atoms with Crippen LogP contribution in [0, 0.1) is 11.7 Å². The third-order valence-electron chi connectivity index (χ3n) is 5.68. The number of urea groups is 1. The fourth-order valence-corrected chi connectivity index (χ4v) is 4.02. The maximum Gasteiger partial charge on any atom is 0.419 e. The van der Waals surface area contributed by atoms with E-state index < -0.39 is 65.8 Å². The van der Waals surface area contributed by atoms with Gasteiger partial charge in [-0.3, -0.25) is 24.0 Å². The molecule has 0 spiro atoms. The molecule has 184 valence electrons. The highest BCUT2D eigenvalue weighted by Gasteiger charge is 2.45. The zero-order chi connectivity index (χ0) is 25.7. The molecule has 13 heteroatoms. The molecule has 9 nitrogen and oxygen atoms in total. The number of fused-ring (bicyclic) bond motifs is 1. The summed E-state index contributed by atoms with van der Waals surface area (Å²) in [5.74, 6) is -6.88. The molecule has 1 aromatic heterocycles. The SMILES string of the molecule is CCn1c(=O)oc2cc(N3CC(C(=O)O)C(=O)N(Cc4cccc(F)c4C(F)(F)F)C3=O)ccc21. The number of nitrogens with zero attached hydrogens (tertiary/aromatic N) is 3. The van der Waals surface area contributed by atoms with Gasteiger partial charge in [0.05, 0.1) is 17.6 Å². The summed E-state index contributed by atoms with van der Waals surface area (Å²) in [6.07, 6.45) is -5.12. The molecule has 0 radical (unpaired) electrons. The Hall–Kier alpha value is -4.16. The second kappa shape index (κ2) is 8.56. The minimum atomic E-state index is -5.12. The Morgan fingerprint density at radius 3 is 2.51 bits per heavy atom. The number of hydrogen-bond acceptors (Lipinski definition) is 5. The number of rotatable bonds is 5. The molecule has 4 rings (SSSR count). The maximum atomic E-state index is 14.0. The Labute approximate surface area is 193 Å². The van der Waals surface area contributed by atoms with Crippen molar-refractivity contribution in [2.75, 3.05) is 11.4 Å². The fraction of sp³-hybridized carbons (Fsp3) is 0.273. The van der Waals surface area contributed by atoms with Crippen molar-refractivity contribution in [2.45, 2.75) is 26.2 Å². The molecule has 1 fully saturated rings. The summed E-state index contributed by atoms with van der Waals surface area (Å²) in [5, 5.41) is 9.53. The number of aryl methyl sites for hydroxylation is 1. The Balaban J connectivity index is 1.77. The number of carbonyl (C=O) groups is 3. The third kappa shape index (κ3) is 4.13. The molecule has 1 aliphatic heterocycles. The number of halogens is 4. The van der Waals surface area contributed by atoms with E-state index in [0.717, 1.165) is 17.0 Å². The van der Waals surface area contributed by atoms with Crippen molar-refractivity contribution < 1.29 is 41.5 Å². The number of hydrogen-bond donors (Lipinski definition) is 1. The summed E-state index contributed by atoms with van der Waals surface area (Å²) in [7, 11) is 0. The molecule has 3 aromatic rings. The second-order valence-electron chi connectivity index (χ2n) is 7.74. The summed E-state index contributed by atoms with van der Waals surface area (Å²) in [5.41, 5.74) is -1.83. The van der Waals surface area contributed by atoms with Crippen molar-refractivity contribution in [1.29, 1.82) is 0 Å². The number of alkyl halides is 3. The maximum absolute atomic E-state index is 14.0. The average molecular weight is 495 g/mol. The van der Waals surface area contributed by atoms with Gasteiger partial charge in [0.1, 0.15) is 5.82 Å². The number of oxazole rings is 1. The van der Waals surface area contributed by atoms with Crippen LogP contribution in [0.4, 0.5) is 28.0 Å². The number of carboxylic acids is 1. The van der Waals surface area contributed by atoms with E-state index in [1.54, 1.807) is 6.92 Å². The first-order valence-corrected chi connectivity index (χ1v) is 10.3. The zero-order valence-corrected chi connectivity index (χ0v) is 18.0. The number of carboxylic acid groups (broad SMARTS) is 1. The van der Waals surface area contributed by atoms with Gasteiger partial charge in [0.25, 0.3) is 0 Å². The lowest BCUT2D eigenvalue weighted by atomic mass is 10.0. The molecule has 3 amide bonds. The van der Waals surface area contributed by atoms with Crippen LogP contribution < -0.4 is 10.7 Å². The lowest BCUT2D eigenvalue weighted by Gasteiger charge is -2.37. The summed E-state index contributed by atoms with van der Waals surface area (Å²) >= 11 is 0. The first kappa shape index (κ1) is 24.0. The van der Waals surface area contributed by atoms with E-state index in [0.29, 0.717) is 23.0 Å². The van der Waals surface area contributed by atoms with Crippen LogP contribution in [-0.2, 0) is 28.9 Å². The molecule has 35 heavy (non-hydrogen) atoms. The molecule has 0 aliphatic carbocycles. The van der Waals surface area contributed by atoms with Gasteiger partial charge in [-0.2, -0.15) is 13.2 Å². The molecule has 0 bridgehead atoms. The van der Waals surface area contributed by atoms with Gasteiger partial charge in [0.2, 0.25) is 5.91 Å². The van der Waals surface area contributed by atoms with E-state index in [2.05, 4.69) is 0 Å². The summed E-state index contributed by atoms with van der Waals surface area (Å²) in [4.78, 5) is 50.9. The molecule has 1 saturated heterocycles. The number of imide groups is 1. The van der Waals surface area contributed by atoms with E-state index in [4.69, 9.17) is 4.42 Å². The molecule has 1 aliphatic rings. The summed E-state index contributed by atoms with van der Waals surface area (Å²) < 4.78 is 60.8. The van der Waals surface area contributed by atoms with Gasteiger partial charge in [0.15, 0.2) is 11.5 Å². The van der Waals surface area contributed by atoms with Crippen LogP contribution in [0.25, 0.3) is 11.1 Å². The van der Waals surface area contributed by atoms with Gasteiger partial charge in [-0.15, -0.1) is 0 Å². The Bertz CT molecular complexity index is 1410. The summed E-state index contributed by atoms with van der Waals surface area (Å²) in [6.45, 7) is 0.393. The molecular formula is C22H17F4N3O6. The minimum Gasteiger partial charge on any atom is -0.481 e. The number of aliphatic carboxylic acids is 1. The molecule has 1 N–H and O–H groups in total. The zero-order valence-electron chi connectivity index (χ0n) is 18.0. The van der Waals surface area contributed by atoms with Crippen molar-refractivity contribution in [3.8, 4) is 0 Å². The Morgan fingerprint density at radius 2 is 1.89 bits per heavy atom. The van der Waals surface area contributed by atoms with E-state index in [-0.39, 0.29) is 11.3 Å². The quantitative estimate of drug-likeness (QED) is 0.429. The highest BCUT2D eigenvalue weighted by Crippen LogP contribution is 2.36. The van der Waals surface area contributed by atoms with Crippen LogP contribution in [0.3, 0.4) is 0 Å². The number of carbonyl (C=O) groups excluding carboxylic acids is 2. The van der Waals surface area contributed by atoms with E-state index in [1.165, 1.54) is 22.8 Å². The van der Waals surface area contributed by atoms with Crippen molar-refractivity contribution in [3.05, 3.63) is 63.9 Å². The van der Waals surface area contributed by atoms with Crippen LogP contribution in [0.5, 0.6) is 0 Å². The first-order chi connectivity index (χ1) is 16.4. The largest absolute Gasteiger partial charge is 0.481 e. The van der Waals surface area contributed by atoms with Crippen molar-refractivity contribution in [2.24, 2.45) is 5.92 Å². The van der Waals surface area contributed by atoms with E-state index >= 15 is 0 Å². The van der Waals surface area contributed by atoms with Crippen LogP contribution in [0.15, 0.2) is 45.6 Å². The predicted molar refractivity (Wildman–Crippen MR) is 112 cm³/mol. The van der Waals surface area contributed by atoms with Crippen molar-refractivity contribution >= 4 is 34.7 Å². The lowest BCUT2D eigenvalue weighted by molar-refractivity contribution is -0.151. The monoisotopic (exact) mass is 495 g/mol. The first-order valence-electron chi connectivity index (χ1n) is 10.3. The van der Waals surface area contributed by atoms with Crippen LogP contribution >= 0.6 is 0 Å². The predicted octanol–water partition coefficient (Wildman–Crippen LogP) is 3.44.